The lowest BCUT2D eigenvalue weighted by Gasteiger charge is -2.22. The summed E-state index contributed by atoms with van der Waals surface area (Å²) >= 11 is 0. The number of carbonyl (C=O) groups is 1. The van der Waals surface area contributed by atoms with E-state index in [2.05, 4.69) is 0 Å². The summed E-state index contributed by atoms with van der Waals surface area (Å²) in [5.74, 6) is 0.339. The first-order valence-corrected chi connectivity index (χ1v) is 12.9. The highest BCUT2D eigenvalue weighted by atomic mass is 32.2. The first-order valence-electron chi connectivity index (χ1n) is 11.0. The second-order valence-corrected chi connectivity index (χ2v) is 10.0. The van der Waals surface area contributed by atoms with Gasteiger partial charge in [-0.3, -0.25) is 5.41 Å². The van der Waals surface area contributed by atoms with Gasteiger partial charge in [0.15, 0.2) is 9.84 Å². The van der Waals surface area contributed by atoms with E-state index in [0.29, 0.717) is 35.5 Å². The predicted molar refractivity (Wildman–Crippen MR) is 134 cm³/mol. The molecule has 0 unspecified atom stereocenters. The number of hydrogen-bond acceptors (Lipinski definition) is 5. The van der Waals surface area contributed by atoms with Crippen LogP contribution < -0.4 is 10.5 Å². The number of nitrogen functional groups attached to an aromatic ring is 1. The minimum Gasteiger partial charge on any atom is -0.410 e. The Kier molecular flexibility index (Phi) is 8.07. The highest BCUT2D eigenvalue weighted by Crippen LogP contribution is 2.29. The SMILES string of the molecule is CCCCN(Cc1cccc(C(=N)N)c1)C(=O)Oc1ccc(-c2ccccc2S(C)(=O)=O)cc1. The normalized spacial score (nSPS) is 11.1. The molecule has 0 spiro atoms. The van der Waals surface area contributed by atoms with Crippen LogP contribution in [-0.4, -0.2) is 38.0 Å². The maximum absolute atomic E-state index is 12.9. The largest absolute Gasteiger partial charge is 0.415 e. The second-order valence-electron chi connectivity index (χ2n) is 8.05. The third-order valence-corrected chi connectivity index (χ3v) is 6.46. The molecule has 1 amide bonds. The minimum absolute atomic E-state index is 0.0259. The van der Waals surface area contributed by atoms with Crippen molar-refractivity contribution in [3.8, 4) is 16.9 Å². The quantitative estimate of drug-likeness (QED) is 0.337. The van der Waals surface area contributed by atoms with Gasteiger partial charge in [-0.05, 0) is 41.8 Å². The number of amidine groups is 1. The van der Waals surface area contributed by atoms with Crippen molar-refractivity contribution in [3.05, 3.63) is 83.9 Å². The standard InChI is InChI=1S/C26H29N3O4S/c1-3-4-16-29(18-19-8-7-9-21(17-19)25(27)28)26(30)33-22-14-12-20(13-15-22)23-10-5-6-11-24(23)34(2,31)32/h5-15,17H,3-4,16,18H2,1-2H3,(H3,27,28). The Bertz CT molecular complexity index is 1270. The van der Waals surface area contributed by atoms with Crippen LogP contribution in [-0.2, 0) is 16.4 Å². The fourth-order valence-corrected chi connectivity index (χ4v) is 4.45. The molecule has 0 aromatic heterocycles. The smallest absolute Gasteiger partial charge is 0.410 e. The summed E-state index contributed by atoms with van der Waals surface area (Å²) in [6.07, 6.45) is 2.44. The molecule has 3 rings (SSSR count). The Morgan fingerprint density at radius 3 is 2.38 bits per heavy atom. The van der Waals surface area contributed by atoms with Gasteiger partial charge in [-0.2, -0.15) is 0 Å². The van der Waals surface area contributed by atoms with E-state index < -0.39 is 15.9 Å². The highest BCUT2D eigenvalue weighted by Gasteiger charge is 2.18. The van der Waals surface area contributed by atoms with Gasteiger partial charge >= 0.3 is 6.09 Å². The molecular weight excluding hydrogens is 450 g/mol. The number of sulfone groups is 1. The molecule has 0 bridgehead atoms. The van der Waals surface area contributed by atoms with Crippen molar-refractivity contribution in [3.63, 3.8) is 0 Å². The van der Waals surface area contributed by atoms with Gasteiger partial charge in [0.25, 0.3) is 0 Å². The fourth-order valence-electron chi connectivity index (χ4n) is 3.54. The molecule has 0 fully saturated rings. The Labute approximate surface area is 200 Å². The monoisotopic (exact) mass is 479 g/mol. The summed E-state index contributed by atoms with van der Waals surface area (Å²) in [5.41, 5.74) is 8.35. The van der Waals surface area contributed by atoms with E-state index in [1.165, 1.54) is 6.26 Å². The number of nitrogens with two attached hydrogens (primary N) is 1. The molecule has 3 N–H and O–H groups in total. The number of benzene rings is 3. The molecule has 0 radical (unpaired) electrons. The summed E-state index contributed by atoms with van der Waals surface area (Å²) in [6, 6.07) is 20.8. The molecule has 3 aromatic carbocycles. The van der Waals surface area contributed by atoms with Crippen LogP contribution in [0.15, 0.2) is 77.7 Å². The van der Waals surface area contributed by atoms with Crippen molar-refractivity contribution >= 4 is 21.8 Å². The van der Waals surface area contributed by atoms with Crippen LogP contribution in [0.1, 0.15) is 30.9 Å². The Balaban J connectivity index is 1.77. The lowest BCUT2D eigenvalue weighted by Crippen LogP contribution is -2.34. The topological polar surface area (TPSA) is 114 Å². The number of unbranched alkanes of at least 4 members (excludes halogenated alkanes) is 1. The molecule has 0 aliphatic carbocycles. The third kappa shape index (κ3) is 6.45. The summed E-state index contributed by atoms with van der Waals surface area (Å²) in [5, 5.41) is 7.62. The lowest BCUT2D eigenvalue weighted by molar-refractivity contribution is 0.148. The molecule has 0 atom stereocenters. The van der Waals surface area contributed by atoms with Gasteiger partial charge in [-0.25, -0.2) is 13.2 Å². The van der Waals surface area contributed by atoms with E-state index in [1.54, 1.807) is 65.6 Å². The zero-order chi connectivity index (χ0) is 24.7. The van der Waals surface area contributed by atoms with E-state index in [9.17, 15) is 13.2 Å². The average Bonchev–Trinajstić information content (AvgIpc) is 2.82. The van der Waals surface area contributed by atoms with E-state index in [0.717, 1.165) is 18.4 Å². The van der Waals surface area contributed by atoms with Gasteiger partial charge in [0.2, 0.25) is 0 Å². The van der Waals surface area contributed by atoms with Crippen LogP contribution in [0, 0.1) is 5.41 Å². The van der Waals surface area contributed by atoms with Crippen molar-refractivity contribution in [2.45, 2.75) is 31.2 Å². The molecule has 0 heterocycles. The van der Waals surface area contributed by atoms with E-state index in [-0.39, 0.29) is 10.7 Å². The molecule has 0 aliphatic heterocycles. The summed E-state index contributed by atoms with van der Waals surface area (Å²) in [7, 11) is -3.38. The second kappa shape index (κ2) is 11.0. The molecule has 0 aliphatic rings. The van der Waals surface area contributed by atoms with Crippen LogP contribution in [0.5, 0.6) is 5.75 Å². The molecular formula is C26H29N3O4S. The Morgan fingerprint density at radius 2 is 1.74 bits per heavy atom. The van der Waals surface area contributed by atoms with Gasteiger partial charge in [0.05, 0.1) is 4.90 Å². The number of ether oxygens (including phenoxy) is 1. The molecule has 7 nitrogen and oxygen atoms in total. The van der Waals surface area contributed by atoms with Crippen molar-refractivity contribution in [2.24, 2.45) is 5.73 Å². The first kappa shape index (κ1) is 25.0. The average molecular weight is 480 g/mol. The van der Waals surface area contributed by atoms with E-state index >= 15 is 0 Å². The lowest BCUT2D eigenvalue weighted by atomic mass is 10.1. The van der Waals surface area contributed by atoms with Crippen molar-refractivity contribution < 1.29 is 17.9 Å². The molecule has 8 heteroatoms. The minimum atomic E-state index is -3.38. The summed E-state index contributed by atoms with van der Waals surface area (Å²) in [6.45, 7) is 2.91. The van der Waals surface area contributed by atoms with Gasteiger partial charge in [0.1, 0.15) is 11.6 Å². The maximum Gasteiger partial charge on any atom is 0.415 e. The predicted octanol–water partition coefficient (Wildman–Crippen LogP) is 4.84. The number of nitrogens with one attached hydrogen (secondary N) is 1. The highest BCUT2D eigenvalue weighted by molar-refractivity contribution is 7.90. The number of carbonyl (C=O) groups excluding carboxylic acids is 1. The third-order valence-electron chi connectivity index (χ3n) is 5.31. The van der Waals surface area contributed by atoms with Crippen LogP contribution in [0.25, 0.3) is 11.1 Å². The van der Waals surface area contributed by atoms with Gasteiger partial charge in [-0.1, -0.05) is 61.9 Å². The van der Waals surface area contributed by atoms with Crippen LogP contribution in [0.3, 0.4) is 0 Å². The van der Waals surface area contributed by atoms with Crippen LogP contribution in [0.4, 0.5) is 4.79 Å². The van der Waals surface area contributed by atoms with E-state index in [4.69, 9.17) is 15.9 Å². The Morgan fingerprint density at radius 1 is 1.03 bits per heavy atom. The maximum atomic E-state index is 12.9. The van der Waals surface area contributed by atoms with Crippen LogP contribution >= 0.6 is 0 Å². The number of amides is 1. The zero-order valence-electron chi connectivity index (χ0n) is 19.3. The van der Waals surface area contributed by atoms with E-state index in [1.807, 2.05) is 19.1 Å². The molecule has 3 aromatic rings. The first-order chi connectivity index (χ1) is 16.2. The summed E-state index contributed by atoms with van der Waals surface area (Å²) in [4.78, 5) is 14.8. The van der Waals surface area contributed by atoms with Gasteiger partial charge in [-0.15, -0.1) is 0 Å². The number of rotatable bonds is 9. The number of nitrogens with zero attached hydrogens (tertiary/aromatic N) is 1. The van der Waals surface area contributed by atoms with Crippen molar-refractivity contribution in [1.82, 2.24) is 4.90 Å². The fraction of sp³-hybridized carbons (Fsp3) is 0.231. The molecule has 0 saturated heterocycles. The zero-order valence-corrected chi connectivity index (χ0v) is 20.1. The summed E-state index contributed by atoms with van der Waals surface area (Å²) < 4.78 is 29.8. The molecule has 0 saturated carbocycles. The van der Waals surface area contributed by atoms with Crippen molar-refractivity contribution in [2.75, 3.05) is 12.8 Å². The van der Waals surface area contributed by atoms with Gasteiger partial charge in [0, 0.05) is 30.5 Å². The van der Waals surface area contributed by atoms with Gasteiger partial charge < -0.3 is 15.4 Å². The van der Waals surface area contributed by atoms with Crippen LogP contribution in [0.2, 0.25) is 0 Å². The number of hydrogen-bond donors (Lipinski definition) is 2. The Hall–Kier alpha value is -3.65. The molecule has 34 heavy (non-hydrogen) atoms. The molecule has 178 valence electrons. The van der Waals surface area contributed by atoms with Crippen molar-refractivity contribution in [1.29, 1.82) is 5.41 Å².